The van der Waals surface area contributed by atoms with Crippen LogP contribution in [0.1, 0.15) is 24.1 Å². The number of hydrogen-bond acceptors (Lipinski definition) is 3. The lowest BCUT2D eigenvalue weighted by Crippen LogP contribution is -2.49. The summed E-state index contributed by atoms with van der Waals surface area (Å²) in [6.07, 6.45) is 0.734. The van der Waals surface area contributed by atoms with Crippen LogP contribution >= 0.6 is 0 Å². The van der Waals surface area contributed by atoms with Gasteiger partial charge in [0.2, 0.25) is 5.91 Å². The van der Waals surface area contributed by atoms with Gasteiger partial charge in [-0.3, -0.25) is 14.5 Å². The Morgan fingerprint density at radius 2 is 2.11 bits per heavy atom. The lowest BCUT2D eigenvalue weighted by Gasteiger charge is -2.37. The van der Waals surface area contributed by atoms with Gasteiger partial charge in [0.05, 0.1) is 6.04 Å². The normalized spacial score (nSPS) is 21.1. The number of carbonyl (C=O) groups excluding carboxylic acids is 1. The van der Waals surface area contributed by atoms with Crippen molar-refractivity contribution < 1.29 is 14.7 Å². The summed E-state index contributed by atoms with van der Waals surface area (Å²) in [5, 5.41) is 9.39. The Balaban J connectivity index is 2.42. The molecule has 0 aromatic heterocycles. The number of nitrogens with zero attached hydrogens (tertiary/aromatic N) is 1. The summed E-state index contributed by atoms with van der Waals surface area (Å²) in [5.74, 6) is -1.45. The quantitative estimate of drug-likeness (QED) is 0.818. The lowest BCUT2D eigenvalue weighted by molar-refractivity contribution is -0.146. The molecule has 5 heteroatoms. The van der Waals surface area contributed by atoms with Crippen molar-refractivity contribution >= 4 is 11.9 Å². The van der Waals surface area contributed by atoms with E-state index in [1.165, 1.54) is 0 Å². The van der Waals surface area contributed by atoms with Crippen molar-refractivity contribution in [3.8, 4) is 0 Å². The maximum atomic E-state index is 11.5. The summed E-state index contributed by atoms with van der Waals surface area (Å²) < 4.78 is 0. The number of primary amides is 1. The molecule has 0 bridgehead atoms. The van der Waals surface area contributed by atoms with E-state index < -0.39 is 24.0 Å². The second-order valence-corrected chi connectivity index (χ2v) is 4.51. The second-order valence-electron chi connectivity index (χ2n) is 4.51. The maximum Gasteiger partial charge on any atom is 0.325 e. The zero-order chi connectivity index (χ0) is 13.3. The van der Waals surface area contributed by atoms with Crippen molar-refractivity contribution in [2.75, 3.05) is 6.54 Å². The second kappa shape index (κ2) is 4.78. The van der Waals surface area contributed by atoms with Gasteiger partial charge in [-0.2, -0.15) is 0 Å². The van der Waals surface area contributed by atoms with Crippen LogP contribution in [0.2, 0.25) is 0 Å². The third-order valence-corrected chi connectivity index (χ3v) is 3.46. The van der Waals surface area contributed by atoms with Crippen LogP contribution in [-0.2, 0) is 16.0 Å². The molecule has 1 aliphatic rings. The average molecular weight is 248 g/mol. The van der Waals surface area contributed by atoms with Gasteiger partial charge in [0, 0.05) is 6.54 Å². The first-order valence-corrected chi connectivity index (χ1v) is 5.88. The average Bonchev–Trinajstić information content (AvgIpc) is 2.36. The molecule has 1 aromatic rings. The van der Waals surface area contributed by atoms with Crippen LogP contribution in [-0.4, -0.2) is 34.5 Å². The third kappa shape index (κ3) is 2.09. The number of amides is 1. The topological polar surface area (TPSA) is 83.6 Å². The molecule has 0 aliphatic carbocycles. The van der Waals surface area contributed by atoms with E-state index in [1.54, 1.807) is 17.9 Å². The lowest BCUT2D eigenvalue weighted by atomic mass is 9.91. The van der Waals surface area contributed by atoms with E-state index in [0.29, 0.717) is 6.54 Å². The molecule has 5 nitrogen and oxygen atoms in total. The molecule has 3 N–H and O–H groups in total. The minimum Gasteiger partial charge on any atom is -0.480 e. The number of carboxylic acids is 1. The summed E-state index contributed by atoms with van der Waals surface area (Å²) in [7, 11) is 0. The van der Waals surface area contributed by atoms with E-state index >= 15 is 0 Å². The predicted octanol–water partition coefficient (Wildman–Crippen LogP) is 0.544. The van der Waals surface area contributed by atoms with E-state index in [0.717, 1.165) is 17.5 Å². The van der Waals surface area contributed by atoms with Crippen LogP contribution in [0.4, 0.5) is 0 Å². The molecule has 1 amide bonds. The molecule has 1 aromatic carbocycles. The fourth-order valence-electron chi connectivity index (χ4n) is 2.44. The van der Waals surface area contributed by atoms with Gasteiger partial charge in [-0.1, -0.05) is 24.3 Å². The zero-order valence-electron chi connectivity index (χ0n) is 10.2. The van der Waals surface area contributed by atoms with Crippen molar-refractivity contribution in [2.45, 2.75) is 25.4 Å². The summed E-state index contributed by atoms with van der Waals surface area (Å²) in [6, 6.07) is 6.06. The highest BCUT2D eigenvalue weighted by Gasteiger charge is 2.36. The number of fused-ring (bicyclic) bond motifs is 1. The molecule has 1 heterocycles. The van der Waals surface area contributed by atoms with E-state index in [1.807, 2.05) is 18.2 Å². The number of carbonyl (C=O) groups is 2. The number of nitrogens with two attached hydrogens (primary N) is 1. The molecule has 0 saturated carbocycles. The summed E-state index contributed by atoms with van der Waals surface area (Å²) in [5.41, 5.74) is 7.06. The van der Waals surface area contributed by atoms with E-state index in [4.69, 9.17) is 5.73 Å². The Kier molecular flexibility index (Phi) is 3.34. The molecular formula is C13H16N2O3. The fourth-order valence-corrected chi connectivity index (χ4v) is 2.44. The molecule has 96 valence electrons. The zero-order valence-corrected chi connectivity index (χ0v) is 10.2. The van der Waals surface area contributed by atoms with Crippen LogP contribution in [0.25, 0.3) is 0 Å². The molecule has 0 radical (unpaired) electrons. The Morgan fingerprint density at radius 3 is 2.72 bits per heavy atom. The van der Waals surface area contributed by atoms with Gasteiger partial charge in [0.1, 0.15) is 6.04 Å². The highest BCUT2D eigenvalue weighted by atomic mass is 16.4. The van der Waals surface area contributed by atoms with Gasteiger partial charge in [0.25, 0.3) is 0 Å². The maximum absolute atomic E-state index is 11.5. The summed E-state index contributed by atoms with van der Waals surface area (Å²) in [4.78, 5) is 24.4. The van der Waals surface area contributed by atoms with Crippen LogP contribution in [0, 0.1) is 0 Å². The Hall–Kier alpha value is -1.88. The van der Waals surface area contributed by atoms with Crippen LogP contribution in [0.15, 0.2) is 24.3 Å². The molecule has 2 rings (SSSR count). The summed E-state index contributed by atoms with van der Waals surface area (Å²) >= 11 is 0. The largest absolute Gasteiger partial charge is 0.480 e. The number of rotatable bonds is 3. The van der Waals surface area contributed by atoms with Gasteiger partial charge >= 0.3 is 5.97 Å². The molecule has 18 heavy (non-hydrogen) atoms. The third-order valence-electron chi connectivity index (χ3n) is 3.46. The SMILES string of the molecule is CC(C(N)=O)N1CCc2ccccc2C1C(=O)O. The molecule has 1 aliphatic heterocycles. The van der Waals surface area contributed by atoms with Gasteiger partial charge in [0.15, 0.2) is 0 Å². The first-order chi connectivity index (χ1) is 8.52. The van der Waals surface area contributed by atoms with Crippen molar-refractivity contribution in [1.29, 1.82) is 0 Å². The highest BCUT2D eigenvalue weighted by molar-refractivity contribution is 5.82. The fraction of sp³-hybridized carbons (Fsp3) is 0.385. The monoisotopic (exact) mass is 248 g/mol. The van der Waals surface area contributed by atoms with E-state index in [9.17, 15) is 14.7 Å². The number of benzene rings is 1. The highest BCUT2D eigenvalue weighted by Crippen LogP contribution is 2.31. The van der Waals surface area contributed by atoms with Crippen LogP contribution < -0.4 is 5.73 Å². The molecule has 2 atom stereocenters. The molecule has 2 unspecified atom stereocenters. The Labute approximate surface area is 105 Å². The minimum absolute atomic E-state index is 0.499. The van der Waals surface area contributed by atoms with E-state index in [2.05, 4.69) is 0 Å². The number of hydrogen-bond donors (Lipinski definition) is 2. The minimum atomic E-state index is -0.949. The first kappa shape index (κ1) is 12.6. The van der Waals surface area contributed by atoms with Crippen molar-refractivity contribution in [3.63, 3.8) is 0 Å². The smallest absolute Gasteiger partial charge is 0.325 e. The van der Waals surface area contributed by atoms with Gasteiger partial charge < -0.3 is 10.8 Å². The van der Waals surface area contributed by atoms with Crippen molar-refractivity contribution in [2.24, 2.45) is 5.73 Å². The van der Waals surface area contributed by atoms with Crippen LogP contribution in [0.3, 0.4) is 0 Å². The van der Waals surface area contributed by atoms with E-state index in [-0.39, 0.29) is 0 Å². The Morgan fingerprint density at radius 1 is 1.44 bits per heavy atom. The van der Waals surface area contributed by atoms with Gasteiger partial charge in [-0.05, 0) is 24.5 Å². The molecule has 0 fully saturated rings. The van der Waals surface area contributed by atoms with Gasteiger partial charge in [-0.25, -0.2) is 0 Å². The van der Waals surface area contributed by atoms with Gasteiger partial charge in [-0.15, -0.1) is 0 Å². The molecular weight excluding hydrogens is 232 g/mol. The molecule has 0 spiro atoms. The van der Waals surface area contributed by atoms with Crippen LogP contribution in [0.5, 0.6) is 0 Å². The molecule has 0 saturated heterocycles. The Bertz CT molecular complexity index is 487. The summed E-state index contributed by atoms with van der Waals surface area (Å²) in [6.45, 7) is 2.17. The van der Waals surface area contributed by atoms with Crippen molar-refractivity contribution in [3.05, 3.63) is 35.4 Å². The number of aliphatic carboxylic acids is 1. The first-order valence-electron chi connectivity index (χ1n) is 5.88. The number of carboxylic acid groups (broad SMARTS) is 1. The van der Waals surface area contributed by atoms with Crippen molar-refractivity contribution in [1.82, 2.24) is 4.90 Å². The standard InChI is InChI=1S/C13H16N2O3/c1-8(12(14)16)15-7-6-9-4-2-3-5-10(9)11(15)13(17)18/h2-5,8,11H,6-7H2,1H3,(H2,14,16)(H,17,18). The predicted molar refractivity (Wildman–Crippen MR) is 65.9 cm³/mol.